The lowest BCUT2D eigenvalue weighted by Gasteiger charge is -2.22. The quantitative estimate of drug-likeness (QED) is 0.234. The summed E-state index contributed by atoms with van der Waals surface area (Å²) in [5, 5.41) is 14.5. The minimum Gasteiger partial charge on any atom is -0.492 e. The molecule has 0 aliphatic heterocycles. The number of halogens is 3. The number of rotatable bonds is 12. The van der Waals surface area contributed by atoms with Crippen molar-refractivity contribution < 1.29 is 37.4 Å². The number of hydrogen-bond acceptors (Lipinski definition) is 6. The third-order valence-corrected chi connectivity index (χ3v) is 6.72. The molecule has 0 radical (unpaired) electrons. The second kappa shape index (κ2) is 13.0. The van der Waals surface area contributed by atoms with Gasteiger partial charge in [-0.1, -0.05) is 36.6 Å². The molecule has 8 nitrogen and oxygen atoms in total. The number of carbonyl (C=O) groups is 1. The Morgan fingerprint density at radius 1 is 1.13 bits per heavy atom. The molecule has 1 saturated carbocycles. The zero-order valence-corrected chi connectivity index (χ0v) is 21.7. The maximum absolute atomic E-state index is 12.4. The summed E-state index contributed by atoms with van der Waals surface area (Å²) < 4.78 is 49.6. The van der Waals surface area contributed by atoms with Crippen molar-refractivity contribution in [1.29, 1.82) is 0 Å². The van der Waals surface area contributed by atoms with E-state index in [4.69, 9.17) is 14.6 Å². The van der Waals surface area contributed by atoms with E-state index in [0.717, 1.165) is 35.3 Å². The summed E-state index contributed by atoms with van der Waals surface area (Å²) in [6.45, 7) is -0.728. The van der Waals surface area contributed by atoms with Crippen LogP contribution in [0.5, 0.6) is 5.75 Å². The minimum atomic E-state index is -4.59. The Morgan fingerprint density at radius 3 is 2.54 bits per heavy atom. The smallest absolute Gasteiger partial charge is 0.411 e. The van der Waals surface area contributed by atoms with Crippen LogP contribution in [0, 0.1) is 5.92 Å². The van der Waals surface area contributed by atoms with Crippen LogP contribution in [-0.4, -0.2) is 58.9 Å². The van der Waals surface area contributed by atoms with E-state index in [2.05, 4.69) is 9.89 Å². The molecule has 2 aromatic heterocycles. The van der Waals surface area contributed by atoms with Crippen LogP contribution in [0.1, 0.15) is 43.4 Å². The molecule has 0 spiro atoms. The first-order valence-electron chi connectivity index (χ1n) is 12.9. The lowest BCUT2D eigenvalue weighted by Crippen LogP contribution is -2.31. The van der Waals surface area contributed by atoms with E-state index in [-0.39, 0.29) is 6.42 Å². The summed E-state index contributed by atoms with van der Waals surface area (Å²) in [6.07, 6.45) is 1.33. The SMILES string of the molecule is CON=C(c1ccc2ccn(CCOc3ccc(CC(OCC(F)(F)F)C(=O)O)cc3)c2n1)C1CCCCC1. The second-order valence-corrected chi connectivity index (χ2v) is 9.56. The van der Waals surface area contributed by atoms with E-state index in [1.54, 1.807) is 31.4 Å². The van der Waals surface area contributed by atoms with Crippen molar-refractivity contribution in [2.75, 3.05) is 20.3 Å². The Balaban J connectivity index is 1.36. The van der Waals surface area contributed by atoms with Crippen molar-refractivity contribution in [2.45, 2.75) is 57.3 Å². The van der Waals surface area contributed by atoms with Gasteiger partial charge in [-0.2, -0.15) is 13.2 Å². The highest BCUT2D eigenvalue weighted by molar-refractivity contribution is 6.01. The van der Waals surface area contributed by atoms with Gasteiger partial charge in [0.15, 0.2) is 6.10 Å². The van der Waals surface area contributed by atoms with E-state index in [1.807, 2.05) is 29.0 Å². The maximum Gasteiger partial charge on any atom is 0.411 e. The highest BCUT2D eigenvalue weighted by Gasteiger charge is 2.31. The molecule has 1 aliphatic carbocycles. The van der Waals surface area contributed by atoms with Crippen LogP contribution < -0.4 is 4.74 Å². The van der Waals surface area contributed by atoms with Crippen LogP contribution in [0.4, 0.5) is 13.2 Å². The normalized spacial score (nSPS) is 15.8. The number of carboxylic acids is 1. The summed E-state index contributed by atoms with van der Waals surface area (Å²) in [7, 11) is 1.56. The van der Waals surface area contributed by atoms with Gasteiger partial charge in [-0.15, -0.1) is 0 Å². The van der Waals surface area contributed by atoms with Crippen LogP contribution in [-0.2, 0) is 27.3 Å². The van der Waals surface area contributed by atoms with Crippen LogP contribution in [0.2, 0.25) is 0 Å². The standard InChI is InChI=1S/C28H32F3N3O5/c1-37-33-25(20-5-3-2-4-6-20)23-12-9-21-13-14-34(26(21)32-23)15-16-38-22-10-7-19(8-11-22)17-24(27(35)36)39-18-28(29,30)31/h7-14,20,24H,2-6,15-18H2,1H3,(H,35,36). The third kappa shape index (κ3) is 7.95. The summed E-state index contributed by atoms with van der Waals surface area (Å²) in [6, 6.07) is 12.5. The van der Waals surface area contributed by atoms with E-state index >= 15 is 0 Å². The first-order chi connectivity index (χ1) is 18.7. The summed E-state index contributed by atoms with van der Waals surface area (Å²) >= 11 is 0. The van der Waals surface area contributed by atoms with Gasteiger partial charge in [0, 0.05) is 23.9 Å². The average molecular weight is 548 g/mol. The Morgan fingerprint density at radius 2 is 1.87 bits per heavy atom. The molecule has 2 heterocycles. The molecule has 0 saturated heterocycles. The number of fused-ring (bicyclic) bond motifs is 1. The largest absolute Gasteiger partial charge is 0.492 e. The number of hydrogen-bond donors (Lipinski definition) is 1. The number of pyridine rings is 1. The molecule has 1 N–H and O–H groups in total. The second-order valence-electron chi connectivity index (χ2n) is 9.56. The van der Waals surface area contributed by atoms with Gasteiger partial charge in [-0.25, -0.2) is 9.78 Å². The number of aromatic nitrogens is 2. The van der Waals surface area contributed by atoms with Crippen molar-refractivity contribution in [3.05, 3.63) is 59.9 Å². The maximum atomic E-state index is 12.4. The van der Waals surface area contributed by atoms with Crippen LogP contribution in [0.3, 0.4) is 0 Å². The molecule has 0 bridgehead atoms. The number of benzene rings is 1. The van der Waals surface area contributed by atoms with Gasteiger partial charge in [-0.05, 0) is 48.7 Å². The highest BCUT2D eigenvalue weighted by atomic mass is 19.4. The van der Waals surface area contributed by atoms with Gasteiger partial charge in [0.1, 0.15) is 37.4 Å². The van der Waals surface area contributed by atoms with E-state index in [0.29, 0.717) is 30.4 Å². The molecular weight excluding hydrogens is 515 g/mol. The number of aliphatic carboxylic acids is 1. The van der Waals surface area contributed by atoms with Gasteiger partial charge < -0.3 is 24.0 Å². The number of nitrogens with zero attached hydrogens (tertiary/aromatic N) is 3. The first-order valence-corrected chi connectivity index (χ1v) is 12.9. The van der Waals surface area contributed by atoms with Crippen molar-refractivity contribution in [2.24, 2.45) is 11.1 Å². The van der Waals surface area contributed by atoms with E-state index in [1.165, 1.54) is 19.3 Å². The van der Waals surface area contributed by atoms with E-state index in [9.17, 15) is 23.1 Å². The molecule has 3 aromatic rings. The molecule has 1 aliphatic rings. The predicted molar refractivity (Wildman–Crippen MR) is 139 cm³/mol. The third-order valence-electron chi connectivity index (χ3n) is 6.72. The van der Waals surface area contributed by atoms with Crippen molar-refractivity contribution >= 4 is 22.7 Å². The van der Waals surface area contributed by atoms with Gasteiger partial charge in [0.05, 0.1) is 12.2 Å². The van der Waals surface area contributed by atoms with Crippen molar-refractivity contribution in [3.63, 3.8) is 0 Å². The van der Waals surface area contributed by atoms with Crippen LogP contribution >= 0.6 is 0 Å². The zero-order valence-electron chi connectivity index (χ0n) is 21.7. The topological polar surface area (TPSA) is 95.2 Å². The number of alkyl halides is 3. The minimum absolute atomic E-state index is 0.190. The molecule has 39 heavy (non-hydrogen) atoms. The average Bonchev–Trinajstić information content (AvgIpc) is 3.32. The van der Waals surface area contributed by atoms with Crippen molar-refractivity contribution in [1.82, 2.24) is 9.55 Å². The van der Waals surface area contributed by atoms with E-state index < -0.39 is 24.9 Å². The van der Waals surface area contributed by atoms with Gasteiger partial charge in [-0.3, -0.25) is 0 Å². The van der Waals surface area contributed by atoms with Gasteiger partial charge >= 0.3 is 12.1 Å². The fourth-order valence-electron chi connectivity index (χ4n) is 4.80. The lowest BCUT2D eigenvalue weighted by atomic mass is 9.84. The molecule has 1 aromatic carbocycles. The fraction of sp³-hybridized carbons (Fsp3) is 0.464. The summed E-state index contributed by atoms with van der Waals surface area (Å²) in [5.74, 6) is -0.561. The van der Waals surface area contributed by atoms with Gasteiger partial charge in [0.25, 0.3) is 0 Å². The summed E-state index contributed by atoms with van der Waals surface area (Å²) in [5.41, 5.74) is 3.05. The van der Waals surface area contributed by atoms with Crippen LogP contribution in [0.15, 0.2) is 53.8 Å². The fourth-order valence-corrected chi connectivity index (χ4v) is 4.80. The molecule has 1 atom stereocenters. The molecule has 11 heteroatoms. The lowest BCUT2D eigenvalue weighted by molar-refractivity contribution is -0.192. The Hall–Kier alpha value is -3.60. The van der Waals surface area contributed by atoms with Crippen molar-refractivity contribution in [3.8, 4) is 5.75 Å². The molecule has 0 amide bonds. The van der Waals surface area contributed by atoms with Crippen LogP contribution in [0.25, 0.3) is 11.0 Å². The Kier molecular flexibility index (Phi) is 9.45. The monoisotopic (exact) mass is 547 g/mol. The molecular formula is C28H32F3N3O5. The molecule has 210 valence electrons. The number of oxime groups is 1. The number of carboxylic acid groups (broad SMARTS) is 1. The summed E-state index contributed by atoms with van der Waals surface area (Å²) in [4.78, 5) is 21.3. The number of ether oxygens (including phenoxy) is 2. The highest BCUT2D eigenvalue weighted by Crippen LogP contribution is 2.28. The zero-order chi connectivity index (χ0) is 27.8. The molecule has 4 rings (SSSR count). The Bertz CT molecular complexity index is 1270. The van der Waals surface area contributed by atoms with Gasteiger partial charge in [0.2, 0.25) is 0 Å². The predicted octanol–water partition coefficient (Wildman–Crippen LogP) is 5.62. The first kappa shape index (κ1) is 28.4. The molecule has 1 fully saturated rings. The molecule has 1 unspecified atom stereocenters. The Labute approximate surface area is 224 Å².